The first-order valence-corrected chi connectivity index (χ1v) is 7.36. The zero-order chi connectivity index (χ0) is 13.2. The molecule has 3 nitrogen and oxygen atoms in total. The molecule has 3 heteroatoms. The van der Waals surface area contributed by atoms with Crippen molar-refractivity contribution in [1.29, 1.82) is 0 Å². The molecular weight excluding hydrogens is 238 g/mol. The number of likely N-dealkylation sites (tertiary alicyclic amines) is 1. The third-order valence-corrected chi connectivity index (χ3v) is 4.56. The molecule has 1 fully saturated rings. The average molecular weight is 261 g/mol. The van der Waals surface area contributed by atoms with Gasteiger partial charge in [-0.3, -0.25) is 0 Å². The molecule has 0 bridgehead atoms. The smallest absolute Gasteiger partial charge is 0.122 e. The Morgan fingerprint density at radius 3 is 3.00 bits per heavy atom. The maximum absolute atomic E-state index is 10.0. The number of rotatable bonds is 2. The number of fused-ring (bicyclic) bond motifs is 1. The van der Waals surface area contributed by atoms with Crippen LogP contribution in [0, 0.1) is 5.92 Å². The van der Waals surface area contributed by atoms with Gasteiger partial charge in [0, 0.05) is 19.0 Å². The summed E-state index contributed by atoms with van der Waals surface area (Å²) in [5.41, 5.74) is 1.34. The fourth-order valence-corrected chi connectivity index (χ4v) is 3.20. The zero-order valence-electron chi connectivity index (χ0n) is 11.6. The second-order valence-corrected chi connectivity index (χ2v) is 5.96. The van der Waals surface area contributed by atoms with E-state index in [2.05, 4.69) is 30.0 Å². The highest BCUT2D eigenvalue weighted by molar-refractivity contribution is 5.37. The molecule has 104 valence electrons. The van der Waals surface area contributed by atoms with Gasteiger partial charge in [0.15, 0.2) is 0 Å². The van der Waals surface area contributed by atoms with Gasteiger partial charge in [0.1, 0.15) is 5.75 Å². The van der Waals surface area contributed by atoms with Crippen LogP contribution in [0.4, 0.5) is 0 Å². The summed E-state index contributed by atoms with van der Waals surface area (Å²) in [7, 11) is 0. The SMILES string of the molecule is CC1CCN(CC2CCOc3ccccc32)CC1O. The molecule has 3 rings (SSSR count). The summed E-state index contributed by atoms with van der Waals surface area (Å²) in [6, 6.07) is 8.37. The van der Waals surface area contributed by atoms with E-state index in [0.717, 1.165) is 44.8 Å². The number of hydrogen-bond donors (Lipinski definition) is 1. The van der Waals surface area contributed by atoms with Crippen molar-refractivity contribution in [3.63, 3.8) is 0 Å². The van der Waals surface area contributed by atoms with E-state index in [1.807, 2.05) is 6.07 Å². The molecule has 0 amide bonds. The summed E-state index contributed by atoms with van der Waals surface area (Å²) in [6.07, 6.45) is 2.02. The fraction of sp³-hybridized carbons (Fsp3) is 0.625. The number of benzene rings is 1. The second kappa shape index (κ2) is 5.51. The molecule has 2 heterocycles. The molecule has 1 aromatic rings. The summed E-state index contributed by atoms with van der Waals surface area (Å²) in [5.74, 6) is 2.04. The molecule has 1 aromatic carbocycles. The first-order valence-electron chi connectivity index (χ1n) is 7.36. The van der Waals surface area contributed by atoms with Gasteiger partial charge in [-0.05, 0) is 36.9 Å². The van der Waals surface area contributed by atoms with Crippen molar-refractivity contribution in [1.82, 2.24) is 4.90 Å². The number of ether oxygens (including phenoxy) is 1. The van der Waals surface area contributed by atoms with Crippen LogP contribution in [0.25, 0.3) is 0 Å². The van der Waals surface area contributed by atoms with Gasteiger partial charge in [-0.25, -0.2) is 0 Å². The topological polar surface area (TPSA) is 32.7 Å². The highest BCUT2D eigenvalue weighted by atomic mass is 16.5. The van der Waals surface area contributed by atoms with Crippen LogP contribution in [0.5, 0.6) is 5.75 Å². The Balaban J connectivity index is 1.68. The third kappa shape index (κ3) is 2.77. The summed E-state index contributed by atoms with van der Waals surface area (Å²) in [6.45, 7) is 5.93. The number of β-amino-alcohol motifs (C(OH)–C–C–N with tert-alkyl or cyclic N) is 1. The molecule has 0 aromatic heterocycles. The van der Waals surface area contributed by atoms with E-state index in [4.69, 9.17) is 4.74 Å². The molecular formula is C16H23NO2. The van der Waals surface area contributed by atoms with E-state index in [9.17, 15) is 5.11 Å². The van der Waals surface area contributed by atoms with E-state index in [1.54, 1.807) is 0 Å². The number of aliphatic hydroxyl groups is 1. The van der Waals surface area contributed by atoms with Gasteiger partial charge >= 0.3 is 0 Å². The predicted molar refractivity (Wildman–Crippen MR) is 75.5 cm³/mol. The minimum atomic E-state index is -0.163. The molecule has 2 aliphatic rings. The van der Waals surface area contributed by atoms with Gasteiger partial charge in [0.25, 0.3) is 0 Å². The molecule has 3 unspecified atom stereocenters. The lowest BCUT2D eigenvalue weighted by Gasteiger charge is -2.37. The van der Waals surface area contributed by atoms with E-state index in [1.165, 1.54) is 5.56 Å². The van der Waals surface area contributed by atoms with Crippen LogP contribution in [0.2, 0.25) is 0 Å². The van der Waals surface area contributed by atoms with E-state index < -0.39 is 0 Å². The molecule has 3 atom stereocenters. The molecule has 0 aliphatic carbocycles. The maximum Gasteiger partial charge on any atom is 0.122 e. The highest BCUT2D eigenvalue weighted by Crippen LogP contribution is 2.34. The van der Waals surface area contributed by atoms with Gasteiger partial charge in [-0.15, -0.1) is 0 Å². The minimum absolute atomic E-state index is 0.163. The molecule has 1 saturated heterocycles. The van der Waals surface area contributed by atoms with Crippen molar-refractivity contribution >= 4 is 0 Å². The van der Waals surface area contributed by atoms with Crippen molar-refractivity contribution in [2.45, 2.75) is 31.8 Å². The van der Waals surface area contributed by atoms with Crippen molar-refractivity contribution in [2.24, 2.45) is 5.92 Å². The summed E-state index contributed by atoms with van der Waals surface area (Å²) in [4.78, 5) is 2.41. The maximum atomic E-state index is 10.0. The largest absolute Gasteiger partial charge is 0.493 e. The Hall–Kier alpha value is -1.06. The van der Waals surface area contributed by atoms with Crippen molar-refractivity contribution in [3.8, 4) is 5.75 Å². The standard InChI is InChI=1S/C16H23NO2/c1-12-6-8-17(11-15(12)18)10-13-7-9-19-16-5-3-2-4-14(13)16/h2-5,12-13,15,18H,6-11H2,1H3. The van der Waals surface area contributed by atoms with Gasteiger partial charge in [-0.1, -0.05) is 25.1 Å². The third-order valence-electron chi connectivity index (χ3n) is 4.56. The van der Waals surface area contributed by atoms with Gasteiger partial charge in [0.2, 0.25) is 0 Å². The molecule has 0 saturated carbocycles. The number of nitrogens with zero attached hydrogens (tertiary/aromatic N) is 1. The quantitative estimate of drug-likeness (QED) is 0.886. The zero-order valence-corrected chi connectivity index (χ0v) is 11.6. The van der Waals surface area contributed by atoms with Crippen molar-refractivity contribution < 1.29 is 9.84 Å². The highest BCUT2D eigenvalue weighted by Gasteiger charge is 2.28. The van der Waals surface area contributed by atoms with E-state index >= 15 is 0 Å². The van der Waals surface area contributed by atoms with Gasteiger partial charge in [-0.2, -0.15) is 0 Å². The average Bonchev–Trinajstić information content (AvgIpc) is 2.43. The molecule has 1 N–H and O–H groups in total. The lowest BCUT2D eigenvalue weighted by Crippen LogP contribution is -2.44. The van der Waals surface area contributed by atoms with Crippen LogP contribution in [0.1, 0.15) is 31.2 Å². The Labute approximate surface area is 115 Å². The first-order chi connectivity index (χ1) is 9.24. The minimum Gasteiger partial charge on any atom is -0.493 e. The number of piperidine rings is 1. The summed E-state index contributed by atoms with van der Waals surface area (Å²) in [5, 5.41) is 10.0. The van der Waals surface area contributed by atoms with Crippen molar-refractivity contribution in [3.05, 3.63) is 29.8 Å². The Bertz CT molecular complexity index is 435. The number of hydrogen-bond acceptors (Lipinski definition) is 3. The fourth-order valence-electron chi connectivity index (χ4n) is 3.20. The van der Waals surface area contributed by atoms with Crippen LogP contribution < -0.4 is 4.74 Å². The lowest BCUT2D eigenvalue weighted by molar-refractivity contribution is 0.0251. The molecule has 0 radical (unpaired) electrons. The van der Waals surface area contributed by atoms with Crippen LogP contribution in [0.15, 0.2) is 24.3 Å². The van der Waals surface area contributed by atoms with Crippen molar-refractivity contribution in [2.75, 3.05) is 26.2 Å². The van der Waals surface area contributed by atoms with Crippen LogP contribution in [-0.2, 0) is 0 Å². The first kappa shape index (κ1) is 12.9. The second-order valence-electron chi connectivity index (χ2n) is 5.96. The normalized spacial score (nSPS) is 31.6. The van der Waals surface area contributed by atoms with E-state index in [0.29, 0.717) is 11.8 Å². The predicted octanol–water partition coefficient (Wildman–Crippen LogP) is 2.26. The Morgan fingerprint density at radius 2 is 2.16 bits per heavy atom. The molecule has 0 spiro atoms. The van der Waals surface area contributed by atoms with Crippen LogP contribution in [-0.4, -0.2) is 42.4 Å². The van der Waals surface area contributed by atoms with Gasteiger partial charge in [0.05, 0.1) is 12.7 Å². The summed E-state index contributed by atoms with van der Waals surface area (Å²) >= 11 is 0. The Morgan fingerprint density at radius 1 is 1.32 bits per heavy atom. The van der Waals surface area contributed by atoms with E-state index in [-0.39, 0.29) is 6.10 Å². The Kier molecular flexibility index (Phi) is 3.76. The van der Waals surface area contributed by atoms with Gasteiger partial charge < -0.3 is 14.7 Å². The monoisotopic (exact) mass is 261 g/mol. The number of para-hydroxylation sites is 1. The molecule has 2 aliphatic heterocycles. The number of aliphatic hydroxyl groups excluding tert-OH is 1. The lowest BCUT2D eigenvalue weighted by atomic mass is 9.90. The van der Waals surface area contributed by atoms with Crippen LogP contribution >= 0.6 is 0 Å². The molecule has 19 heavy (non-hydrogen) atoms. The van der Waals surface area contributed by atoms with Crippen LogP contribution in [0.3, 0.4) is 0 Å². The summed E-state index contributed by atoms with van der Waals surface area (Å²) < 4.78 is 5.71.